The largest absolute Gasteiger partial charge is 0.392 e. The molecule has 0 bridgehead atoms. The van der Waals surface area contributed by atoms with Crippen LogP contribution >= 0.6 is 0 Å². The molecule has 4 nitrogen and oxygen atoms in total. The SMILES string of the molecule is CCCC(C)NS(=O)(=O)c1ccc(F)c(CO)c1. The van der Waals surface area contributed by atoms with Crippen molar-refractivity contribution >= 4 is 10.0 Å². The first kappa shape index (κ1) is 15.1. The smallest absolute Gasteiger partial charge is 0.240 e. The number of rotatable bonds is 6. The molecule has 1 aromatic carbocycles. The molecular weight excluding hydrogens is 257 g/mol. The molecule has 0 spiro atoms. The Balaban J connectivity index is 2.98. The van der Waals surface area contributed by atoms with Gasteiger partial charge in [-0.3, -0.25) is 0 Å². The zero-order chi connectivity index (χ0) is 13.8. The van der Waals surface area contributed by atoms with E-state index < -0.39 is 22.4 Å². The highest BCUT2D eigenvalue weighted by atomic mass is 32.2. The predicted octanol–water partition coefficient (Wildman–Crippen LogP) is 1.78. The topological polar surface area (TPSA) is 66.4 Å². The molecule has 1 aromatic rings. The lowest BCUT2D eigenvalue weighted by atomic mass is 10.2. The summed E-state index contributed by atoms with van der Waals surface area (Å²) in [6, 6.07) is 3.21. The van der Waals surface area contributed by atoms with E-state index in [-0.39, 0.29) is 16.5 Å². The first-order chi connectivity index (χ1) is 8.40. The average Bonchev–Trinajstić information content (AvgIpc) is 2.28. The van der Waals surface area contributed by atoms with Crippen molar-refractivity contribution in [1.82, 2.24) is 4.72 Å². The maximum atomic E-state index is 13.2. The summed E-state index contributed by atoms with van der Waals surface area (Å²) in [5.41, 5.74) is -0.0268. The summed E-state index contributed by atoms with van der Waals surface area (Å²) in [7, 11) is -3.66. The molecule has 0 heterocycles. The monoisotopic (exact) mass is 275 g/mol. The van der Waals surface area contributed by atoms with Crippen LogP contribution in [0.5, 0.6) is 0 Å². The number of aliphatic hydroxyl groups is 1. The third-order valence-electron chi connectivity index (χ3n) is 2.58. The molecule has 0 saturated carbocycles. The van der Waals surface area contributed by atoms with Crippen LogP contribution < -0.4 is 4.72 Å². The third-order valence-corrected chi connectivity index (χ3v) is 4.16. The van der Waals surface area contributed by atoms with Gasteiger partial charge in [0.15, 0.2) is 0 Å². The highest BCUT2D eigenvalue weighted by Crippen LogP contribution is 2.16. The Labute approximate surface area is 107 Å². The fraction of sp³-hybridized carbons (Fsp3) is 0.500. The molecule has 1 rings (SSSR count). The molecule has 0 aliphatic heterocycles. The molecule has 6 heteroatoms. The summed E-state index contributed by atoms with van der Waals surface area (Å²) in [6.45, 7) is 3.21. The zero-order valence-electron chi connectivity index (χ0n) is 10.5. The Morgan fingerprint density at radius 3 is 2.67 bits per heavy atom. The number of hydrogen-bond acceptors (Lipinski definition) is 3. The van der Waals surface area contributed by atoms with Crippen LogP contribution in [0.2, 0.25) is 0 Å². The van der Waals surface area contributed by atoms with Crippen LogP contribution in [0.3, 0.4) is 0 Å². The van der Waals surface area contributed by atoms with Gasteiger partial charge in [-0.25, -0.2) is 17.5 Å². The lowest BCUT2D eigenvalue weighted by Crippen LogP contribution is -2.32. The van der Waals surface area contributed by atoms with Crippen molar-refractivity contribution in [2.24, 2.45) is 0 Å². The van der Waals surface area contributed by atoms with Crippen molar-refractivity contribution in [3.05, 3.63) is 29.6 Å². The Morgan fingerprint density at radius 1 is 1.44 bits per heavy atom. The van der Waals surface area contributed by atoms with Gasteiger partial charge >= 0.3 is 0 Å². The van der Waals surface area contributed by atoms with Crippen molar-refractivity contribution in [2.75, 3.05) is 0 Å². The Bertz CT molecular complexity index is 502. The normalized spacial score (nSPS) is 13.6. The maximum Gasteiger partial charge on any atom is 0.240 e. The molecule has 0 aromatic heterocycles. The number of nitrogens with one attached hydrogen (secondary N) is 1. The minimum absolute atomic E-state index is 0.0268. The van der Waals surface area contributed by atoms with E-state index in [0.29, 0.717) is 0 Å². The van der Waals surface area contributed by atoms with Gasteiger partial charge in [0.25, 0.3) is 0 Å². The van der Waals surface area contributed by atoms with Crippen molar-refractivity contribution in [3.63, 3.8) is 0 Å². The van der Waals surface area contributed by atoms with Gasteiger partial charge in [0.1, 0.15) is 5.82 Å². The number of aliphatic hydroxyl groups excluding tert-OH is 1. The predicted molar refractivity (Wildman–Crippen MR) is 67.0 cm³/mol. The number of benzene rings is 1. The second-order valence-electron chi connectivity index (χ2n) is 4.22. The van der Waals surface area contributed by atoms with E-state index >= 15 is 0 Å². The van der Waals surface area contributed by atoms with E-state index in [0.717, 1.165) is 25.0 Å². The lowest BCUT2D eigenvalue weighted by molar-refractivity contribution is 0.275. The van der Waals surface area contributed by atoms with Gasteiger partial charge in [-0.1, -0.05) is 13.3 Å². The molecule has 2 N–H and O–H groups in total. The minimum atomic E-state index is -3.66. The molecule has 1 unspecified atom stereocenters. The number of sulfonamides is 1. The van der Waals surface area contributed by atoms with Crippen LogP contribution in [0.4, 0.5) is 4.39 Å². The molecule has 102 valence electrons. The van der Waals surface area contributed by atoms with Crippen LogP contribution in [-0.2, 0) is 16.6 Å². The molecule has 0 amide bonds. The summed E-state index contributed by atoms with van der Waals surface area (Å²) in [5, 5.41) is 8.92. The second kappa shape index (κ2) is 6.26. The first-order valence-corrected chi connectivity index (χ1v) is 7.30. The molecule has 0 radical (unpaired) electrons. The van der Waals surface area contributed by atoms with Crippen molar-refractivity contribution in [2.45, 2.75) is 44.2 Å². The lowest BCUT2D eigenvalue weighted by Gasteiger charge is -2.13. The highest BCUT2D eigenvalue weighted by molar-refractivity contribution is 7.89. The highest BCUT2D eigenvalue weighted by Gasteiger charge is 2.18. The van der Waals surface area contributed by atoms with Crippen LogP contribution in [-0.4, -0.2) is 19.6 Å². The fourth-order valence-corrected chi connectivity index (χ4v) is 2.99. The Hall–Kier alpha value is -0.980. The third kappa shape index (κ3) is 3.76. The van der Waals surface area contributed by atoms with Gasteiger partial charge in [-0.2, -0.15) is 0 Å². The maximum absolute atomic E-state index is 13.2. The van der Waals surface area contributed by atoms with Gasteiger partial charge < -0.3 is 5.11 Å². The van der Waals surface area contributed by atoms with E-state index in [2.05, 4.69) is 4.72 Å². The second-order valence-corrected chi connectivity index (χ2v) is 5.94. The summed E-state index contributed by atoms with van der Waals surface area (Å²) >= 11 is 0. The first-order valence-electron chi connectivity index (χ1n) is 5.82. The standard InChI is InChI=1S/C12H18FNO3S/c1-3-4-9(2)14-18(16,17)11-5-6-12(13)10(7-11)8-15/h5-7,9,14-15H,3-4,8H2,1-2H3. The van der Waals surface area contributed by atoms with Crippen molar-refractivity contribution < 1.29 is 17.9 Å². The average molecular weight is 275 g/mol. The summed E-state index contributed by atoms with van der Waals surface area (Å²) in [4.78, 5) is -0.0316. The zero-order valence-corrected chi connectivity index (χ0v) is 11.3. The Morgan fingerprint density at radius 2 is 2.11 bits per heavy atom. The van der Waals surface area contributed by atoms with E-state index in [4.69, 9.17) is 5.11 Å². The number of halogens is 1. The van der Waals surface area contributed by atoms with Crippen LogP contribution in [0.1, 0.15) is 32.3 Å². The van der Waals surface area contributed by atoms with E-state index in [9.17, 15) is 12.8 Å². The number of hydrogen-bond donors (Lipinski definition) is 2. The van der Waals surface area contributed by atoms with Gasteiger partial charge in [0.2, 0.25) is 10.0 Å². The molecule has 1 atom stereocenters. The van der Waals surface area contributed by atoms with Crippen molar-refractivity contribution in [3.8, 4) is 0 Å². The van der Waals surface area contributed by atoms with Crippen LogP contribution in [0.15, 0.2) is 23.1 Å². The van der Waals surface area contributed by atoms with E-state index in [1.165, 1.54) is 6.07 Å². The van der Waals surface area contributed by atoms with Gasteiger partial charge in [0, 0.05) is 11.6 Å². The summed E-state index contributed by atoms with van der Waals surface area (Å²) < 4.78 is 39.6. The van der Waals surface area contributed by atoms with Crippen molar-refractivity contribution in [1.29, 1.82) is 0 Å². The van der Waals surface area contributed by atoms with Crippen LogP contribution in [0, 0.1) is 5.82 Å². The van der Waals surface area contributed by atoms with Gasteiger partial charge in [-0.15, -0.1) is 0 Å². The Kier molecular flexibility index (Phi) is 5.25. The minimum Gasteiger partial charge on any atom is -0.392 e. The van der Waals surface area contributed by atoms with E-state index in [1.54, 1.807) is 6.92 Å². The van der Waals surface area contributed by atoms with Crippen LogP contribution in [0.25, 0.3) is 0 Å². The quantitative estimate of drug-likeness (QED) is 0.831. The summed E-state index contributed by atoms with van der Waals surface area (Å²) in [5.74, 6) is -0.613. The molecule has 0 aliphatic rings. The van der Waals surface area contributed by atoms with E-state index in [1.807, 2.05) is 6.92 Å². The molecule has 18 heavy (non-hydrogen) atoms. The molecule has 0 fully saturated rings. The van der Waals surface area contributed by atoms with Gasteiger partial charge in [0.05, 0.1) is 11.5 Å². The van der Waals surface area contributed by atoms with Gasteiger partial charge in [-0.05, 0) is 31.5 Å². The summed E-state index contributed by atoms with van der Waals surface area (Å²) in [6.07, 6.45) is 1.60. The molecular formula is C12H18FNO3S. The molecule has 0 saturated heterocycles. The molecule has 0 aliphatic carbocycles. The fourth-order valence-electron chi connectivity index (χ4n) is 1.66.